The van der Waals surface area contributed by atoms with Gasteiger partial charge in [-0.15, -0.1) is 11.8 Å². The number of phenols is 1. The molecule has 0 aliphatic carbocycles. The number of amides is 17. The van der Waals surface area contributed by atoms with E-state index in [0.29, 0.717) is 63.1 Å². The van der Waals surface area contributed by atoms with Crippen LogP contribution in [0.2, 0.25) is 0 Å². The second-order valence-corrected chi connectivity index (χ2v) is 34.9. The van der Waals surface area contributed by atoms with Gasteiger partial charge in [-0.1, -0.05) is 102 Å². The average molecular weight is 1860 g/mol. The summed E-state index contributed by atoms with van der Waals surface area (Å²) in [5.41, 5.74) is 25.7. The molecule has 0 radical (unpaired) electrons. The number of aromatic amines is 1. The first kappa shape index (κ1) is 105. The zero-order valence-electron chi connectivity index (χ0n) is 75.3. The molecular weight excluding hydrogens is 1740 g/mol. The zero-order valence-corrected chi connectivity index (χ0v) is 76.1. The first-order chi connectivity index (χ1) is 62.7. The van der Waals surface area contributed by atoms with Gasteiger partial charge in [-0.2, -0.15) is 0 Å². The Kier molecular flexibility index (Phi) is 39.2. The molecule has 1 unspecified atom stereocenters. The summed E-state index contributed by atoms with van der Waals surface area (Å²) >= 11 is 0.716. The Morgan fingerprint density at radius 2 is 1.13 bits per heavy atom. The molecule has 0 saturated carbocycles. The Labute approximate surface area is 766 Å². The van der Waals surface area contributed by atoms with Crippen molar-refractivity contribution >= 4 is 140 Å². The molecule has 23 N–H and O–H groups in total. The fourth-order valence-corrected chi connectivity index (χ4v) is 17.2. The van der Waals surface area contributed by atoms with Crippen LogP contribution in [0.25, 0.3) is 21.8 Å². The predicted molar refractivity (Wildman–Crippen MR) is 482 cm³/mol. The molecular formula is C88H125N21O22S. The maximum Gasteiger partial charge on any atom is 0.323 e. The van der Waals surface area contributed by atoms with Crippen LogP contribution in [0.5, 0.6) is 5.75 Å². The first-order valence-electron chi connectivity index (χ1n) is 44.1. The van der Waals surface area contributed by atoms with Crippen molar-refractivity contribution in [1.29, 1.82) is 0 Å². The Balaban J connectivity index is 1.19. The number of hydrogen-bond donors (Lipinski definition) is 19. The van der Waals surface area contributed by atoms with Gasteiger partial charge in [0.15, 0.2) is 0 Å². The molecule has 44 heteroatoms. The number of aliphatic hydroxyl groups is 2. The lowest BCUT2D eigenvalue weighted by atomic mass is 9.99. The molecule has 720 valence electrons. The molecule has 0 spiro atoms. The summed E-state index contributed by atoms with van der Waals surface area (Å²) in [6.07, 6.45) is 0.598. The topological polar surface area (TPSA) is 649 Å². The first-order valence-corrected chi connectivity index (χ1v) is 45.2. The number of primary amides is 2. The molecule has 43 nitrogen and oxygen atoms in total. The number of nitrogens with two attached hydrogens (primary N) is 4. The van der Waals surface area contributed by atoms with Crippen LogP contribution in [0.4, 0.5) is 0 Å². The van der Waals surface area contributed by atoms with Crippen molar-refractivity contribution in [2.75, 3.05) is 72.0 Å². The monoisotopic (exact) mass is 1860 g/mol. The molecule has 3 aromatic carbocycles. The zero-order chi connectivity index (χ0) is 97.1. The van der Waals surface area contributed by atoms with Gasteiger partial charge in [0.25, 0.3) is 0 Å². The number of phenolic OH excluding ortho intramolecular Hbond substituents is 1. The Hall–Kier alpha value is -12.8. The molecule has 3 aliphatic rings. The number of aromatic nitrogens is 2. The second-order valence-electron chi connectivity index (χ2n) is 33.9. The average Bonchev–Trinajstić information content (AvgIpc) is 1.44. The maximum atomic E-state index is 15.9. The number of para-hydroxylation sites is 2. The Morgan fingerprint density at radius 3 is 1.77 bits per heavy atom. The number of fused-ring (bicyclic) bond motifs is 4. The number of nitrogens with zero attached hydrogens (tertiary/aromatic N) is 6. The highest BCUT2D eigenvalue weighted by atomic mass is 32.2. The van der Waals surface area contributed by atoms with E-state index in [2.05, 4.69) is 58.2 Å². The van der Waals surface area contributed by atoms with Crippen LogP contribution in [0.15, 0.2) is 85.2 Å². The molecule has 8 rings (SSSR count). The van der Waals surface area contributed by atoms with E-state index in [1.54, 1.807) is 75.5 Å². The van der Waals surface area contributed by atoms with E-state index in [0.717, 1.165) is 24.5 Å². The number of aromatic hydroxyl groups is 1. The van der Waals surface area contributed by atoms with Gasteiger partial charge >= 0.3 is 5.97 Å². The molecule has 3 saturated heterocycles. The van der Waals surface area contributed by atoms with Crippen LogP contribution in [0.3, 0.4) is 0 Å². The number of aliphatic hydroxyl groups excluding tert-OH is 2. The van der Waals surface area contributed by atoms with Crippen LogP contribution in [0.1, 0.15) is 128 Å². The van der Waals surface area contributed by atoms with E-state index < -0.39 is 261 Å². The normalized spacial score (nSPS) is 25.1. The van der Waals surface area contributed by atoms with Gasteiger partial charge in [0.1, 0.15) is 96.9 Å². The van der Waals surface area contributed by atoms with Gasteiger partial charge in [0.05, 0.1) is 31.4 Å². The van der Waals surface area contributed by atoms with Crippen LogP contribution in [-0.4, -0.2) is 324 Å². The Bertz CT molecular complexity index is 4990. The lowest BCUT2D eigenvalue weighted by molar-refractivity contribution is -0.149. The summed E-state index contributed by atoms with van der Waals surface area (Å²) in [4.78, 5) is 268. The van der Waals surface area contributed by atoms with E-state index in [-0.39, 0.29) is 89.0 Å². The largest absolute Gasteiger partial charge is 0.508 e. The van der Waals surface area contributed by atoms with Crippen LogP contribution in [-0.2, 0) is 112 Å². The number of H-pyrrole nitrogens is 1. The highest BCUT2D eigenvalue weighted by molar-refractivity contribution is 8.00. The smallest absolute Gasteiger partial charge is 0.323 e. The van der Waals surface area contributed by atoms with E-state index in [1.807, 2.05) is 6.92 Å². The maximum absolute atomic E-state index is 15.9. The lowest BCUT2D eigenvalue weighted by Crippen LogP contribution is -2.62. The van der Waals surface area contributed by atoms with Crippen molar-refractivity contribution in [3.8, 4) is 5.75 Å². The van der Waals surface area contributed by atoms with Crippen LogP contribution in [0, 0.1) is 5.92 Å². The number of benzene rings is 3. The number of nitrogens with one attached hydrogen (secondary N) is 11. The number of aliphatic carboxylic acids is 1. The fourth-order valence-electron chi connectivity index (χ4n) is 16.3. The summed E-state index contributed by atoms with van der Waals surface area (Å²) < 4.78 is 1.42. The molecule has 3 fully saturated rings. The molecule has 5 aromatic rings. The number of carbonyl (C=O) groups excluding carboxylic acids is 17. The highest BCUT2D eigenvalue weighted by Crippen LogP contribution is 2.29. The number of likely N-dealkylation sites (N-methyl/N-ethyl adjacent to an activating group) is 3. The number of carboxylic acid groups (broad SMARTS) is 1. The Morgan fingerprint density at radius 1 is 0.568 bits per heavy atom. The minimum absolute atomic E-state index is 0.0244. The molecule has 0 bridgehead atoms. The summed E-state index contributed by atoms with van der Waals surface area (Å²) in [6, 6.07) is -3.13. The standard InChI is InChI=1S/C88H125N21O22S/c1-9-11-21-67-81(124)102-64(44-110)80(123)103-65(76(119)94-40-72(92)114)45-132-46-73(115)95-60(33-49-25-27-52(111)28-26-49)84(127)104(6)48(5)75(118)98-62(37-71(91)113)86(129)108-31-17-24-68(108)82(125)101-63(38-90)79(122)99-59(32-47(3)4)87(130)109-42-53(112)36-70(109)83(126)97-58(34-50-39-93-56-20-15-13-18-54(50)56)78(121)96-57(29-30-89)77(120)100-61(85(128)106(8)69(22-12-10-2)88(131)105(67)7)35-51-41-107(43-74(116)117)66-23-16-14-19-55(51)66/h13-16,18-20,23,25-28,39,41,47-48,53,57-65,67-70,93,110-112H,9-12,17,21-22,24,29-38,40,42-46,89-90H2,1-8H3,(H2,91,113)(H2,92,114)(H,94,119)(H,95,115)(H,96,121)(H,97,126)(H,98,118)(H,99,122)(H,100,120)(H,101,125)(H,102,124)(H,103,123)(H,116,117)/t48-,53+,57-,58-,59-,60-,61-,62-,63-,64-,65-,67-,68?,69-,70-/m0/s1. The van der Waals surface area contributed by atoms with Crippen molar-refractivity contribution in [2.24, 2.45) is 28.9 Å². The van der Waals surface area contributed by atoms with E-state index in [4.69, 9.17) is 22.9 Å². The number of carbonyl (C=O) groups is 18. The highest BCUT2D eigenvalue weighted by Gasteiger charge is 2.47. The SMILES string of the molecule is CCCC[C@H]1C(=O)N(C)[C@@H](CCCC)C(=O)N[C@@H](CO)C(=O)N[C@H](C(=O)NCC(N)=O)CSCC(=O)N[C@@H](Cc2ccc(O)cc2)C(=O)N(C)[C@@H](C)C(=O)N[C@@H](CC(N)=O)C(=O)N2CCCC2C(=O)N[C@@H](CN)C(=O)N[C@@H](CC(C)C)C(=O)N2C[C@H](O)C[C@H]2C(=O)N[C@@H](Cc2c[nH]c3ccccc23)C(=O)N[C@@H](CCN)C(=O)N[C@@H](Cc2cn(CC(=O)O)c3ccccc23)C(=O)N1C. The third kappa shape index (κ3) is 28.4. The number of unbranched alkanes of at least 4 members (excludes halogenated alkanes) is 2. The summed E-state index contributed by atoms with van der Waals surface area (Å²) in [6.45, 7) is 4.44. The van der Waals surface area contributed by atoms with E-state index in [1.165, 1.54) is 63.1 Å². The van der Waals surface area contributed by atoms with Gasteiger partial charge in [-0.25, -0.2) is 0 Å². The van der Waals surface area contributed by atoms with Crippen molar-refractivity contribution < 1.29 is 107 Å². The van der Waals surface area contributed by atoms with Gasteiger partial charge in [-0.05, 0) is 98.9 Å². The lowest BCUT2D eigenvalue weighted by Gasteiger charge is -2.36. The minimum Gasteiger partial charge on any atom is -0.508 e. The second kappa shape index (κ2) is 49.4. The third-order valence-corrected chi connectivity index (χ3v) is 24.6. The quantitative estimate of drug-likeness (QED) is 0.0263. The summed E-state index contributed by atoms with van der Waals surface area (Å²) in [5, 5.41) is 69.4. The minimum atomic E-state index is -1.89. The van der Waals surface area contributed by atoms with Gasteiger partial charge in [-0.3, -0.25) is 86.3 Å². The van der Waals surface area contributed by atoms with Gasteiger partial charge < -0.3 is 131 Å². The summed E-state index contributed by atoms with van der Waals surface area (Å²) in [7, 11) is 3.78. The van der Waals surface area contributed by atoms with Gasteiger partial charge in [0.2, 0.25) is 100 Å². The molecule has 17 amide bonds. The van der Waals surface area contributed by atoms with Crippen molar-refractivity contribution in [3.05, 3.63) is 102 Å². The third-order valence-electron chi connectivity index (χ3n) is 23.5. The van der Waals surface area contributed by atoms with Crippen molar-refractivity contribution in [2.45, 2.75) is 228 Å². The number of rotatable bonds is 25. The van der Waals surface area contributed by atoms with Gasteiger partial charge in [0, 0.05) is 106 Å². The number of hydrogen-bond acceptors (Lipinski definition) is 24. The summed E-state index contributed by atoms with van der Waals surface area (Å²) in [5.74, 6) is -19.4. The molecule has 2 aromatic heterocycles. The number of thioether (sulfide) groups is 1. The van der Waals surface area contributed by atoms with Crippen molar-refractivity contribution in [1.82, 2.24) is 87.2 Å². The predicted octanol–water partition coefficient (Wildman–Crippen LogP) is -4.29. The van der Waals surface area contributed by atoms with E-state index in [9.17, 15) is 78.0 Å². The molecule has 132 heavy (non-hydrogen) atoms. The van der Waals surface area contributed by atoms with Crippen LogP contribution < -0.4 is 76.1 Å². The molecule has 15 atom stereocenters. The number of carboxylic acids is 1. The molecule has 5 heterocycles. The molecule has 3 aliphatic heterocycles. The van der Waals surface area contributed by atoms with E-state index >= 15 is 28.8 Å². The fraction of sp³-hybridized carbons (Fsp3) is 0.545. The van der Waals surface area contributed by atoms with Crippen LogP contribution >= 0.6 is 11.8 Å². The van der Waals surface area contributed by atoms with Crippen molar-refractivity contribution in [3.63, 3.8) is 0 Å².